The molecule has 3 nitrogen and oxygen atoms in total. The first kappa shape index (κ1) is 17.2. The van der Waals surface area contributed by atoms with Gasteiger partial charge in [0.05, 0.1) is 6.10 Å². The number of aliphatic hydroxyl groups excluding tert-OH is 1. The first-order valence-corrected chi connectivity index (χ1v) is 8.61. The number of hydrogen-bond acceptors (Lipinski definition) is 3. The molecule has 0 radical (unpaired) electrons. The Morgan fingerprint density at radius 2 is 1.64 bits per heavy atom. The van der Waals surface area contributed by atoms with Gasteiger partial charge < -0.3 is 9.84 Å². The van der Waals surface area contributed by atoms with Crippen LogP contribution in [0.5, 0.6) is 5.75 Å². The van der Waals surface area contributed by atoms with Crippen LogP contribution in [0.4, 0.5) is 0 Å². The second kappa shape index (κ2) is 8.45. The van der Waals surface area contributed by atoms with Crippen molar-refractivity contribution in [3.8, 4) is 16.9 Å². The highest BCUT2D eigenvalue weighted by Gasteiger charge is 2.16. The van der Waals surface area contributed by atoms with E-state index in [1.54, 1.807) is 6.20 Å². The number of aromatic nitrogens is 1. The molecule has 25 heavy (non-hydrogen) atoms. The number of ether oxygens (including phenoxy) is 1. The summed E-state index contributed by atoms with van der Waals surface area (Å²) in [5.41, 5.74) is 3.46. The highest BCUT2D eigenvalue weighted by molar-refractivity contribution is 5.63. The molecule has 0 aliphatic rings. The average molecular weight is 333 g/mol. The maximum absolute atomic E-state index is 10.3. The lowest BCUT2D eigenvalue weighted by Crippen LogP contribution is -2.29. The van der Waals surface area contributed by atoms with E-state index in [4.69, 9.17) is 4.74 Å². The lowest BCUT2D eigenvalue weighted by molar-refractivity contribution is 0.0420. The number of pyridine rings is 1. The van der Waals surface area contributed by atoms with E-state index < -0.39 is 6.10 Å². The predicted octanol–water partition coefficient (Wildman–Crippen LogP) is 4.51. The lowest BCUT2D eigenvalue weighted by atomic mass is 10.0. The van der Waals surface area contributed by atoms with Gasteiger partial charge in [-0.2, -0.15) is 0 Å². The quantitative estimate of drug-likeness (QED) is 0.692. The van der Waals surface area contributed by atoms with Gasteiger partial charge in [-0.25, -0.2) is 0 Å². The van der Waals surface area contributed by atoms with E-state index in [0.717, 1.165) is 23.3 Å². The van der Waals surface area contributed by atoms with Gasteiger partial charge in [-0.3, -0.25) is 4.98 Å². The zero-order valence-corrected chi connectivity index (χ0v) is 14.4. The van der Waals surface area contributed by atoms with Gasteiger partial charge in [0.25, 0.3) is 0 Å². The second-order valence-electron chi connectivity index (χ2n) is 6.18. The summed E-state index contributed by atoms with van der Waals surface area (Å²) in [6.45, 7) is 1.90. The molecular formula is C22H23NO2. The van der Waals surface area contributed by atoms with Crippen molar-refractivity contribution in [1.29, 1.82) is 0 Å². The van der Waals surface area contributed by atoms with Crippen molar-refractivity contribution < 1.29 is 9.84 Å². The van der Waals surface area contributed by atoms with Gasteiger partial charge in [0.1, 0.15) is 11.9 Å². The molecule has 3 rings (SSSR count). The van der Waals surface area contributed by atoms with Crippen LogP contribution >= 0.6 is 0 Å². The van der Waals surface area contributed by atoms with Gasteiger partial charge in [-0.05, 0) is 54.7 Å². The van der Waals surface area contributed by atoms with E-state index in [0.29, 0.717) is 6.42 Å². The fraction of sp³-hybridized carbons (Fsp3) is 0.227. The summed E-state index contributed by atoms with van der Waals surface area (Å²) in [7, 11) is 0. The Balaban J connectivity index is 1.54. The van der Waals surface area contributed by atoms with Crippen molar-refractivity contribution >= 4 is 0 Å². The summed E-state index contributed by atoms with van der Waals surface area (Å²) < 4.78 is 5.89. The Kier molecular flexibility index (Phi) is 5.81. The van der Waals surface area contributed by atoms with Crippen LogP contribution in [0.2, 0.25) is 0 Å². The minimum Gasteiger partial charge on any atom is -0.488 e. The van der Waals surface area contributed by atoms with Crippen LogP contribution in [0.1, 0.15) is 18.9 Å². The maximum atomic E-state index is 10.3. The fourth-order valence-electron chi connectivity index (χ4n) is 2.75. The zero-order chi connectivity index (χ0) is 17.5. The number of hydrogen-bond donors (Lipinski definition) is 1. The molecule has 128 valence electrons. The molecule has 1 N–H and O–H groups in total. The SMILES string of the molecule is C[C@H](Oc1ccc(-c2ccccc2)cc1)[C@H](O)CCc1cccnc1. The molecule has 0 amide bonds. The van der Waals surface area contributed by atoms with Gasteiger partial charge in [0.2, 0.25) is 0 Å². The normalized spacial score (nSPS) is 13.2. The molecule has 0 aliphatic carbocycles. The van der Waals surface area contributed by atoms with Crippen molar-refractivity contribution in [1.82, 2.24) is 4.98 Å². The van der Waals surface area contributed by atoms with E-state index in [1.165, 1.54) is 5.56 Å². The molecule has 3 heteroatoms. The largest absolute Gasteiger partial charge is 0.488 e. The monoisotopic (exact) mass is 333 g/mol. The third kappa shape index (κ3) is 4.91. The van der Waals surface area contributed by atoms with E-state index in [2.05, 4.69) is 17.1 Å². The van der Waals surface area contributed by atoms with Gasteiger partial charge in [0.15, 0.2) is 0 Å². The highest BCUT2D eigenvalue weighted by atomic mass is 16.5. The van der Waals surface area contributed by atoms with Crippen molar-refractivity contribution in [2.75, 3.05) is 0 Å². The molecule has 2 atom stereocenters. The molecule has 0 spiro atoms. The molecule has 3 aromatic rings. The molecule has 0 aliphatic heterocycles. The minimum atomic E-state index is -0.519. The van der Waals surface area contributed by atoms with Gasteiger partial charge in [-0.1, -0.05) is 48.5 Å². The summed E-state index contributed by atoms with van der Waals surface area (Å²) in [6.07, 6.45) is 4.24. The van der Waals surface area contributed by atoms with Crippen LogP contribution in [0.15, 0.2) is 79.1 Å². The minimum absolute atomic E-state index is 0.265. The average Bonchev–Trinajstić information content (AvgIpc) is 2.68. The Labute approximate surface area is 148 Å². The lowest BCUT2D eigenvalue weighted by Gasteiger charge is -2.20. The first-order chi connectivity index (χ1) is 12.2. The molecular weight excluding hydrogens is 310 g/mol. The topological polar surface area (TPSA) is 42.4 Å². The van der Waals surface area contributed by atoms with E-state index in [-0.39, 0.29) is 6.10 Å². The summed E-state index contributed by atoms with van der Waals surface area (Å²) in [6, 6.07) is 22.2. The molecule has 0 unspecified atom stereocenters. The maximum Gasteiger partial charge on any atom is 0.122 e. The van der Waals surface area contributed by atoms with Gasteiger partial charge in [-0.15, -0.1) is 0 Å². The third-order valence-electron chi connectivity index (χ3n) is 4.28. The summed E-state index contributed by atoms with van der Waals surface area (Å²) in [5, 5.41) is 10.3. The highest BCUT2D eigenvalue weighted by Crippen LogP contribution is 2.23. The number of nitrogens with zero attached hydrogens (tertiary/aromatic N) is 1. The van der Waals surface area contributed by atoms with Crippen molar-refractivity contribution in [3.63, 3.8) is 0 Å². The Morgan fingerprint density at radius 3 is 2.32 bits per heavy atom. The van der Waals surface area contributed by atoms with Crippen LogP contribution in [-0.2, 0) is 6.42 Å². The Morgan fingerprint density at radius 1 is 0.920 bits per heavy atom. The van der Waals surface area contributed by atoms with E-state index in [9.17, 15) is 5.11 Å². The summed E-state index contributed by atoms with van der Waals surface area (Å²) in [5.74, 6) is 0.771. The predicted molar refractivity (Wildman–Crippen MR) is 101 cm³/mol. The van der Waals surface area contributed by atoms with Crippen LogP contribution in [-0.4, -0.2) is 22.3 Å². The number of benzene rings is 2. The third-order valence-corrected chi connectivity index (χ3v) is 4.28. The molecule has 2 aromatic carbocycles. The van der Waals surface area contributed by atoms with Crippen molar-refractivity contribution in [2.45, 2.75) is 32.0 Å². The molecule has 0 saturated heterocycles. The number of rotatable bonds is 7. The molecule has 1 heterocycles. The molecule has 1 aromatic heterocycles. The fourth-order valence-corrected chi connectivity index (χ4v) is 2.75. The zero-order valence-electron chi connectivity index (χ0n) is 14.4. The van der Waals surface area contributed by atoms with Gasteiger partial charge in [0, 0.05) is 12.4 Å². The number of aliphatic hydroxyl groups is 1. The molecule has 0 fully saturated rings. The van der Waals surface area contributed by atoms with E-state index >= 15 is 0 Å². The molecule has 0 bridgehead atoms. The second-order valence-corrected chi connectivity index (χ2v) is 6.18. The smallest absolute Gasteiger partial charge is 0.122 e. The first-order valence-electron chi connectivity index (χ1n) is 8.61. The van der Waals surface area contributed by atoms with Crippen LogP contribution in [0, 0.1) is 0 Å². The van der Waals surface area contributed by atoms with Crippen molar-refractivity contribution in [3.05, 3.63) is 84.7 Å². The van der Waals surface area contributed by atoms with Crippen LogP contribution in [0.3, 0.4) is 0 Å². The van der Waals surface area contributed by atoms with Gasteiger partial charge >= 0.3 is 0 Å². The number of aryl methyl sites for hydroxylation is 1. The van der Waals surface area contributed by atoms with E-state index in [1.807, 2.05) is 67.7 Å². The standard InChI is InChI=1S/C22H23NO2/c1-17(22(24)14-9-18-6-5-15-23-16-18)25-21-12-10-20(11-13-21)19-7-3-2-4-8-19/h2-8,10-13,15-17,22,24H,9,14H2,1H3/t17-,22+/m0/s1. The summed E-state index contributed by atoms with van der Waals surface area (Å²) in [4.78, 5) is 4.10. The molecule has 0 saturated carbocycles. The van der Waals surface area contributed by atoms with Crippen LogP contribution < -0.4 is 4.74 Å². The Bertz CT molecular complexity index is 757. The van der Waals surface area contributed by atoms with Crippen molar-refractivity contribution in [2.24, 2.45) is 0 Å². The van der Waals surface area contributed by atoms with Crippen LogP contribution in [0.25, 0.3) is 11.1 Å². The summed E-state index contributed by atoms with van der Waals surface area (Å²) >= 11 is 0. The Hall–Kier alpha value is -2.65.